The first-order valence-electron chi connectivity index (χ1n) is 5.82. The Hall–Kier alpha value is -1.49. The zero-order chi connectivity index (χ0) is 13.1. The van der Waals surface area contributed by atoms with Crippen molar-refractivity contribution in [3.05, 3.63) is 24.3 Å². The second-order valence-corrected chi connectivity index (χ2v) is 5.80. The van der Waals surface area contributed by atoms with Crippen LogP contribution in [0.1, 0.15) is 13.8 Å². The van der Waals surface area contributed by atoms with Gasteiger partial charge in [0.1, 0.15) is 5.75 Å². The number of hydrogen-bond acceptors (Lipinski definition) is 4. The van der Waals surface area contributed by atoms with Gasteiger partial charge in [0.15, 0.2) is 11.0 Å². The molecule has 5 heteroatoms. The minimum Gasteiger partial charge on any atom is -0.497 e. The highest BCUT2D eigenvalue weighted by Gasteiger charge is 2.12. The van der Waals surface area contributed by atoms with Crippen LogP contribution >= 0.6 is 11.8 Å². The Labute approximate surface area is 111 Å². The van der Waals surface area contributed by atoms with Crippen LogP contribution in [0, 0.1) is 0 Å². The third-order valence-electron chi connectivity index (χ3n) is 2.52. The van der Waals surface area contributed by atoms with Crippen LogP contribution in [0.15, 0.2) is 29.4 Å². The van der Waals surface area contributed by atoms with E-state index in [1.807, 2.05) is 35.9 Å². The number of methoxy groups -OCH3 is 1. The Morgan fingerprint density at radius 1 is 1.17 bits per heavy atom. The molecule has 0 N–H and O–H groups in total. The maximum absolute atomic E-state index is 5.15. The Kier molecular flexibility index (Phi) is 3.91. The molecule has 0 aliphatic carbocycles. The Morgan fingerprint density at radius 2 is 1.83 bits per heavy atom. The minimum absolute atomic E-state index is 0.497. The van der Waals surface area contributed by atoms with Crippen molar-refractivity contribution < 1.29 is 4.74 Å². The molecule has 0 saturated heterocycles. The van der Waals surface area contributed by atoms with Gasteiger partial charge in [-0.1, -0.05) is 25.6 Å². The van der Waals surface area contributed by atoms with Gasteiger partial charge in [-0.25, -0.2) is 0 Å². The molecule has 4 nitrogen and oxygen atoms in total. The fraction of sp³-hybridized carbons (Fsp3) is 0.385. The van der Waals surface area contributed by atoms with Gasteiger partial charge in [0.2, 0.25) is 0 Å². The second kappa shape index (κ2) is 5.44. The molecule has 2 rings (SSSR count). The smallest absolute Gasteiger partial charge is 0.191 e. The molecule has 2 aromatic rings. The standard InChI is InChI=1S/C13H17N3OS/c1-9(2)18-13-15-14-12(16(13)3)10-5-7-11(17-4)8-6-10/h5-9H,1-4H3. The Balaban J connectivity index is 2.30. The SMILES string of the molecule is COc1ccc(-c2nnc(SC(C)C)n2C)cc1. The number of benzene rings is 1. The number of thioether (sulfide) groups is 1. The van der Waals surface area contributed by atoms with Crippen LogP contribution in [0.2, 0.25) is 0 Å². The normalized spacial score (nSPS) is 10.9. The van der Waals surface area contributed by atoms with E-state index in [2.05, 4.69) is 24.0 Å². The highest BCUT2D eigenvalue weighted by molar-refractivity contribution is 7.99. The van der Waals surface area contributed by atoms with Crippen molar-refractivity contribution in [2.24, 2.45) is 7.05 Å². The van der Waals surface area contributed by atoms with Gasteiger partial charge in [-0.15, -0.1) is 10.2 Å². The highest BCUT2D eigenvalue weighted by Crippen LogP contribution is 2.26. The summed E-state index contributed by atoms with van der Waals surface area (Å²) in [4.78, 5) is 0. The highest BCUT2D eigenvalue weighted by atomic mass is 32.2. The van der Waals surface area contributed by atoms with Gasteiger partial charge in [0.05, 0.1) is 7.11 Å². The second-order valence-electron chi connectivity index (χ2n) is 4.26. The molecule has 0 spiro atoms. The molecule has 0 saturated carbocycles. The molecule has 0 fully saturated rings. The number of hydrogen-bond donors (Lipinski definition) is 0. The fourth-order valence-corrected chi connectivity index (χ4v) is 2.37. The molecule has 0 unspecified atom stereocenters. The van der Waals surface area contributed by atoms with Crippen molar-refractivity contribution in [3.63, 3.8) is 0 Å². The van der Waals surface area contributed by atoms with Crippen LogP contribution in [0.3, 0.4) is 0 Å². The number of rotatable bonds is 4. The number of aromatic nitrogens is 3. The largest absolute Gasteiger partial charge is 0.497 e. The van der Waals surface area contributed by atoms with Gasteiger partial charge < -0.3 is 9.30 Å². The lowest BCUT2D eigenvalue weighted by Gasteiger charge is -2.06. The molecule has 0 aliphatic rings. The summed E-state index contributed by atoms with van der Waals surface area (Å²) in [5.41, 5.74) is 1.04. The van der Waals surface area contributed by atoms with Crippen molar-refractivity contribution in [1.29, 1.82) is 0 Å². The Bertz CT molecular complexity index is 520. The zero-order valence-corrected chi connectivity index (χ0v) is 11.9. The predicted molar refractivity (Wildman–Crippen MR) is 74.0 cm³/mol. The van der Waals surface area contributed by atoms with Crippen molar-refractivity contribution >= 4 is 11.8 Å². The van der Waals surface area contributed by atoms with Crippen molar-refractivity contribution in [3.8, 4) is 17.1 Å². The van der Waals surface area contributed by atoms with E-state index in [-0.39, 0.29) is 0 Å². The Morgan fingerprint density at radius 3 is 2.39 bits per heavy atom. The lowest BCUT2D eigenvalue weighted by atomic mass is 10.2. The summed E-state index contributed by atoms with van der Waals surface area (Å²) in [6.07, 6.45) is 0. The van der Waals surface area contributed by atoms with E-state index >= 15 is 0 Å². The van der Waals surface area contributed by atoms with Crippen LogP contribution in [-0.2, 0) is 7.05 Å². The molecule has 0 radical (unpaired) electrons. The van der Waals surface area contributed by atoms with E-state index in [1.54, 1.807) is 18.9 Å². The summed E-state index contributed by atoms with van der Waals surface area (Å²) in [6, 6.07) is 7.85. The predicted octanol–water partition coefficient (Wildman–Crippen LogP) is 2.99. The molecule has 0 amide bonds. The minimum atomic E-state index is 0.497. The summed E-state index contributed by atoms with van der Waals surface area (Å²) in [5.74, 6) is 1.72. The molecule has 96 valence electrons. The molecule has 18 heavy (non-hydrogen) atoms. The first-order chi connectivity index (χ1) is 8.61. The summed E-state index contributed by atoms with van der Waals surface area (Å²) in [7, 11) is 3.65. The van der Waals surface area contributed by atoms with E-state index in [9.17, 15) is 0 Å². The first-order valence-corrected chi connectivity index (χ1v) is 6.70. The van der Waals surface area contributed by atoms with Crippen LogP contribution in [0.25, 0.3) is 11.4 Å². The topological polar surface area (TPSA) is 39.9 Å². The monoisotopic (exact) mass is 263 g/mol. The zero-order valence-electron chi connectivity index (χ0n) is 11.0. The average Bonchev–Trinajstić information content (AvgIpc) is 2.71. The van der Waals surface area contributed by atoms with Gasteiger partial charge in [-0.3, -0.25) is 0 Å². The summed E-state index contributed by atoms with van der Waals surface area (Å²) < 4.78 is 7.17. The number of nitrogens with zero attached hydrogens (tertiary/aromatic N) is 3. The summed E-state index contributed by atoms with van der Waals surface area (Å²) in [5, 5.41) is 9.90. The van der Waals surface area contributed by atoms with E-state index in [0.29, 0.717) is 5.25 Å². The third kappa shape index (κ3) is 2.67. The molecular weight excluding hydrogens is 246 g/mol. The molecule has 1 aromatic heterocycles. The van der Waals surface area contributed by atoms with Crippen LogP contribution in [0.5, 0.6) is 5.75 Å². The van der Waals surface area contributed by atoms with Gasteiger partial charge >= 0.3 is 0 Å². The maximum atomic E-state index is 5.15. The molecular formula is C13H17N3OS. The van der Waals surface area contributed by atoms with Crippen molar-refractivity contribution in [2.45, 2.75) is 24.3 Å². The van der Waals surface area contributed by atoms with Crippen LogP contribution < -0.4 is 4.74 Å². The molecule has 1 aromatic carbocycles. The molecule has 0 bridgehead atoms. The average molecular weight is 263 g/mol. The van der Waals surface area contributed by atoms with Gasteiger partial charge in [0, 0.05) is 17.9 Å². The van der Waals surface area contributed by atoms with Crippen molar-refractivity contribution in [1.82, 2.24) is 14.8 Å². The van der Waals surface area contributed by atoms with Gasteiger partial charge in [-0.2, -0.15) is 0 Å². The summed E-state index contributed by atoms with van der Waals surface area (Å²) >= 11 is 1.71. The summed E-state index contributed by atoms with van der Waals surface area (Å²) in [6.45, 7) is 4.29. The van der Waals surface area contributed by atoms with E-state index in [4.69, 9.17) is 4.74 Å². The number of ether oxygens (including phenoxy) is 1. The lowest BCUT2D eigenvalue weighted by molar-refractivity contribution is 0.415. The molecule has 1 heterocycles. The van der Waals surface area contributed by atoms with E-state index < -0.39 is 0 Å². The first kappa shape index (κ1) is 13.0. The molecule has 0 aliphatic heterocycles. The third-order valence-corrected chi connectivity index (χ3v) is 3.56. The van der Waals surface area contributed by atoms with Crippen LogP contribution in [-0.4, -0.2) is 27.1 Å². The quantitative estimate of drug-likeness (QED) is 0.795. The van der Waals surface area contributed by atoms with Crippen LogP contribution in [0.4, 0.5) is 0 Å². The molecule has 0 atom stereocenters. The lowest BCUT2D eigenvalue weighted by Crippen LogP contribution is -1.97. The van der Waals surface area contributed by atoms with Gasteiger partial charge in [0.25, 0.3) is 0 Å². The maximum Gasteiger partial charge on any atom is 0.191 e. The van der Waals surface area contributed by atoms with E-state index in [1.165, 1.54) is 0 Å². The van der Waals surface area contributed by atoms with Crippen molar-refractivity contribution in [2.75, 3.05) is 7.11 Å². The fourth-order valence-electron chi connectivity index (χ4n) is 1.62. The van der Waals surface area contributed by atoms with Gasteiger partial charge in [-0.05, 0) is 24.3 Å². The van der Waals surface area contributed by atoms with E-state index in [0.717, 1.165) is 22.3 Å².